The molecule has 3 aliphatic rings. The number of piperazine rings is 1. The van der Waals surface area contributed by atoms with Crippen LogP contribution in [0.3, 0.4) is 0 Å². The second kappa shape index (κ2) is 10.5. The number of amides is 4. The first-order valence-electron chi connectivity index (χ1n) is 14.2. The maximum Gasteiger partial charge on any atom is 0.410 e. The van der Waals surface area contributed by atoms with Gasteiger partial charge in [0.25, 0.3) is 5.91 Å². The van der Waals surface area contributed by atoms with Gasteiger partial charge in [0.2, 0.25) is 0 Å². The Morgan fingerprint density at radius 1 is 0.976 bits per heavy atom. The predicted molar refractivity (Wildman–Crippen MR) is 152 cm³/mol. The van der Waals surface area contributed by atoms with Crippen molar-refractivity contribution in [2.45, 2.75) is 51.9 Å². The lowest BCUT2D eigenvalue weighted by Crippen LogP contribution is -2.51. The predicted octanol–water partition coefficient (Wildman–Crippen LogP) is 4.07. The van der Waals surface area contributed by atoms with E-state index in [4.69, 9.17) is 4.74 Å². The standard InChI is InChI=1S/C31H36FN5O4/c1-31(2,3)41-30(40)34-15-12-33(13-16-34)14-17-35-28(38)26-18-24-23-6-4-5-7-25(23)36(27(24)20-37(26)29(35)39)19-21-8-10-22(32)11-9-21/h4-11,26H,12-20H2,1-3H3. The molecular weight excluding hydrogens is 525 g/mol. The van der Waals surface area contributed by atoms with Crippen LogP contribution in [0, 0.1) is 5.82 Å². The van der Waals surface area contributed by atoms with Gasteiger partial charge < -0.3 is 19.1 Å². The maximum atomic E-state index is 13.5. The van der Waals surface area contributed by atoms with Gasteiger partial charge >= 0.3 is 12.1 Å². The molecule has 1 atom stereocenters. The molecule has 0 spiro atoms. The molecule has 3 aromatic rings. The average Bonchev–Trinajstić information content (AvgIpc) is 3.37. The molecule has 0 N–H and O–H groups in total. The van der Waals surface area contributed by atoms with Crippen LogP contribution in [-0.2, 0) is 29.0 Å². The van der Waals surface area contributed by atoms with Crippen molar-refractivity contribution in [3.8, 4) is 0 Å². The second-order valence-electron chi connectivity index (χ2n) is 12.1. The molecule has 4 amide bonds. The Balaban J connectivity index is 1.14. The van der Waals surface area contributed by atoms with Crippen LogP contribution < -0.4 is 0 Å². The normalized spacial score (nSPS) is 19.6. The highest BCUT2D eigenvalue weighted by Crippen LogP contribution is 2.37. The number of hydrogen-bond donors (Lipinski definition) is 0. The van der Waals surface area contributed by atoms with Crippen LogP contribution in [0.1, 0.15) is 37.6 Å². The van der Waals surface area contributed by atoms with Crippen LogP contribution >= 0.6 is 0 Å². The van der Waals surface area contributed by atoms with Crippen LogP contribution in [0.15, 0.2) is 48.5 Å². The molecule has 41 heavy (non-hydrogen) atoms. The van der Waals surface area contributed by atoms with Gasteiger partial charge in [-0.15, -0.1) is 0 Å². The molecule has 3 aliphatic heterocycles. The summed E-state index contributed by atoms with van der Waals surface area (Å²) >= 11 is 0. The summed E-state index contributed by atoms with van der Waals surface area (Å²) in [5.41, 5.74) is 3.60. The van der Waals surface area contributed by atoms with Gasteiger partial charge in [0.15, 0.2) is 0 Å². The molecule has 1 unspecified atom stereocenters. The molecule has 0 saturated carbocycles. The van der Waals surface area contributed by atoms with Gasteiger partial charge in [-0.25, -0.2) is 14.0 Å². The molecule has 2 fully saturated rings. The Morgan fingerprint density at radius 2 is 1.68 bits per heavy atom. The van der Waals surface area contributed by atoms with Gasteiger partial charge in [-0.05, 0) is 50.1 Å². The third kappa shape index (κ3) is 5.28. The molecule has 0 aliphatic carbocycles. The van der Waals surface area contributed by atoms with Crippen molar-refractivity contribution in [1.82, 2.24) is 24.2 Å². The number of benzene rings is 2. The number of carbonyl (C=O) groups excluding carboxylic acids is 3. The molecule has 10 heteroatoms. The Bertz CT molecular complexity index is 1490. The number of aromatic nitrogens is 1. The Kier molecular flexibility index (Phi) is 6.97. The molecule has 4 heterocycles. The van der Waals surface area contributed by atoms with E-state index < -0.39 is 11.6 Å². The fourth-order valence-corrected chi connectivity index (χ4v) is 6.14. The van der Waals surface area contributed by atoms with Crippen LogP contribution in [-0.4, -0.2) is 93.1 Å². The fraction of sp³-hybridized carbons (Fsp3) is 0.452. The fourth-order valence-electron chi connectivity index (χ4n) is 6.14. The van der Waals surface area contributed by atoms with Gasteiger partial charge in [-0.2, -0.15) is 0 Å². The quantitative estimate of drug-likeness (QED) is 0.439. The number of urea groups is 1. The number of imide groups is 1. The van der Waals surface area contributed by atoms with Gasteiger partial charge in [0, 0.05) is 68.8 Å². The van der Waals surface area contributed by atoms with Crippen molar-refractivity contribution in [2.75, 3.05) is 39.3 Å². The van der Waals surface area contributed by atoms with E-state index in [1.807, 2.05) is 32.9 Å². The van der Waals surface area contributed by atoms with E-state index in [-0.39, 0.29) is 23.8 Å². The summed E-state index contributed by atoms with van der Waals surface area (Å²) in [6, 6.07) is 13.8. The summed E-state index contributed by atoms with van der Waals surface area (Å²) in [7, 11) is 0. The number of halogens is 1. The van der Waals surface area contributed by atoms with Gasteiger partial charge in [-0.1, -0.05) is 30.3 Å². The number of carbonyl (C=O) groups is 3. The lowest BCUT2D eigenvalue weighted by atomic mass is 9.97. The highest BCUT2D eigenvalue weighted by atomic mass is 19.1. The summed E-state index contributed by atoms with van der Waals surface area (Å²) in [5.74, 6) is -0.425. The summed E-state index contributed by atoms with van der Waals surface area (Å²) in [6.45, 7) is 9.75. The zero-order chi connectivity index (χ0) is 28.9. The monoisotopic (exact) mass is 561 g/mol. The first kappa shape index (κ1) is 27.3. The van der Waals surface area contributed by atoms with Crippen LogP contribution in [0.5, 0.6) is 0 Å². The van der Waals surface area contributed by atoms with Crippen LogP contribution in [0.25, 0.3) is 10.9 Å². The first-order chi connectivity index (χ1) is 19.6. The number of nitrogens with zero attached hydrogens (tertiary/aromatic N) is 5. The highest BCUT2D eigenvalue weighted by molar-refractivity contribution is 6.05. The molecule has 6 rings (SSSR count). The van der Waals surface area contributed by atoms with Crippen LogP contribution in [0.4, 0.5) is 14.0 Å². The van der Waals surface area contributed by atoms with E-state index in [1.54, 1.807) is 21.9 Å². The highest BCUT2D eigenvalue weighted by Gasteiger charge is 2.48. The summed E-state index contributed by atoms with van der Waals surface area (Å²) in [6.07, 6.45) is 0.163. The summed E-state index contributed by atoms with van der Waals surface area (Å²) in [5, 5.41) is 1.09. The minimum atomic E-state index is -0.536. The Hall–Kier alpha value is -3.92. The van der Waals surface area contributed by atoms with Crippen molar-refractivity contribution in [3.63, 3.8) is 0 Å². The molecule has 216 valence electrons. The SMILES string of the molecule is CC(C)(C)OC(=O)N1CCN(CCN2C(=O)C3Cc4c(n(Cc5ccc(F)cc5)c5ccccc45)CN3C2=O)CC1. The lowest BCUT2D eigenvalue weighted by molar-refractivity contribution is -0.128. The van der Waals surface area contributed by atoms with Gasteiger partial charge in [-0.3, -0.25) is 14.6 Å². The topological polar surface area (TPSA) is 78.3 Å². The number of para-hydroxylation sites is 1. The summed E-state index contributed by atoms with van der Waals surface area (Å²) in [4.78, 5) is 46.4. The largest absolute Gasteiger partial charge is 0.444 e. The van der Waals surface area contributed by atoms with Gasteiger partial charge in [0.1, 0.15) is 17.5 Å². The second-order valence-corrected chi connectivity index (χ2v) is 12.1. The van der Waals surface area contributed by atoms with E-state index in [1.165, 1.54) is 17.0 Å². The zero-order valence-corrected chi connectivity index (χ0v) is 23.8. The van der Waals surface area contributed by atoms with Crippen LogP contribution in [0.2, 0.25) is 0 Å². The molecule has 1 aromatic heterocycles. The Labute approximate surface area is 239 Å². The minimum absolute atomic E-state index is 0.150. The third-order valence-electron chi connectivity index (χ3n) is 8.23. The molecule has 2 saturated heterocycles. The van der Waals surface area contributed by atoms with E-state index in [2.05, 4.69) is 21.6 Å². The molecule has 0 radical (unpaired) electrons. The van der Waals surface area contributed by atoms with Crippen molar-refractivity contribution in [2.24, 2.45) is 0 Å². The van der Waals surface area contributed by atoms with Crippen molar-refractivity contribution in [1.29, 1.82) is 0 Å². The molecular formula is C31H36FN5O4. The number of ether oxygens (including phenoxy) is 1. The molecule has 9 nitrogen and oxygen atoms in total. The van der Waals surface area contributed by atoms with Crippen molar-refractivity contribution < 1.29 is 23.5 Å². The van der Waals surface area contributed by atoms with Crippen molar-refractivity contribution >= 4 is 28.9 Å². The van der Waals surface area contributed by atoms with E-state index in [9.17, 15) is 18.8 Å². The number of fused-ring (bicyclic) bond motifs is 4. The van der Waals surface area contributed by atoms with E-state index >= 15 is 0 Å². The number of hydrogen-bond acceptors (Lipinski definition) is 5. The number of rotatable bonds is 5. The van der Waals surface area contributed by atoms with E-state index in [0.717, 1.165) is 27.7 Å². The first-order valence-corrected chi connectivity index (χ1v) is 14.2. The zero-order valence-electron chi connectivity index (χ0n) is 23.8. The average molecular weight is 562 g/mol. The summed E-state index contributed by atoms with van der Waals surface area (Å²) < 4.78 is 21.2. The van der Waals surface area contributed by atoms with Gasteiger partial charge in [0.05, 0.1) is 6.54 Å². The Morgan fingerprint density at radius 3 is 2.39 bits per heavy atom. The van der Waals surface area contributed by atoms with Crippen molar-refractivity contribution in [3.05, 3.63) is 71.2 Å². The lowest BCUT2D eigenvalue weighted by Gasteiger charge is -2.36. The smallest absolute Gasteiger partial charge is 0.410 e. The molecule has 2 aromatic carbocycles. The maximum absolute atomic E-state index is 13.5. The minimum Gasteiger partial charge on any atom is -0.444 e. The molecule has 0 bridgehead atoms. The van der Waals surface area contributed by atoms with E-state index in [0.29, 0.717) is 58.8 Å². The third-order valence-corrected chi connectivity index (χ3v) is 8.23.